The molecule has 0 saturated heterocycles. The fourth-order valence-electron chi connectivity index (χ4n) is 2.41. The van der Waals surface area contributed by atoms with Crippen LogP contribution in [0.2, 0.25) is 5.02 Å². The molecule has 0 atom stereocenters. The lowest BCUT2D eigenvalue weighted by molar-refractivity contribution is 0.0945. The Balaban J connectivity index is 1.93. The molecule has 1 aromatic carbocycles. The number of hydrogen-bond donors (Lipinski definition) is 3. The van der Waals surface area contributed by atoms with Crippen molar-refractivity contribution in [2.75, 3.05) is 6.61 Å². The van der Waals surface area contributed by atoms with E-state index >= 15 is 0 Å². The van der Waals surface area contributed by atoms with E-state index in [1.165, 1.54) is 12.3 Å². The fraction of sp³-hybridized carbons (Fsp3) is 0.105. The van der Waals surface area contributed by atoms with E-state index < -0.39 is 22.9 Å². The minimum Gasteiger partial charge on any atom is -0.493 e. The van der Waals surface area contributed by atoms with Crippen molar-refractivity contribution in [3.8, 4) is 17.7 Å². The molecule has 0 aliphatic rings. The predicted octanol–water partition coefficient (Wildman–Crippen LogP) is 1.33. The largest absolute Gasteiger partial charge is 0.493 e. The highest BCUT2D eigenvalue weighted by molar-refractivity contribution is 6.30. The second kappa shape index (κ2) is 7.91. The molecule has 0 fully saturated rings. The van der Waals surface area contributed by atoms with Gasteiger partial charge in [-0.15, -0.1) is 0 Å². The second-order valence-corrected chi connectivity index (χ2v) is 5.97. The summed E-state index contributed by atoms with van der Waals surface area (Å²) in [7, 11) is 0. The third kappa shape index (κ3) is 4.08. The zero-order valence-corrected chi connectivity index (χ0v) is 14.7. The van der Waals surface area contributed by atoms with Gasteiger partial charge >= 0.3 is 0 Å². The summed E-state index contributed by atoms with van der Waals surface area (Å²) in [6.07, 6.45) is 1.39. The van der Waals surface area contributed by atoms with E-state index in [0.717, 1.165) is 9.96 Å². The number of hydrogen-bond acceptors (Lipinski definition) is 5. The van der Waals surface area contributed by atoms with Gasteiger partial charge in [0.05, 0.1) is 0 Å². The van der Waals surface area contributed by atoms with Crippen LogP contribution < -0.4 is 10.9 Å². The molecule has 27 heavy (non-hydrogen) atoms. The van der Waals surface area contributed by atoms with Crippen LogP contribution in [0.3, 0.4) is 0 Å². The van der Waals surface area contributed by atoms with Gasteiger partial charge in [-0.05, 0) is 29.8 Å². The minimum atomic E-state index is -0.749. The van der Waals surface area contributed by atoms with Crippen molar-refractivity contribution in [1.82, 2.24) is 14.7 Å². The first-order valence-electron chi connectivity index (χ1n) is 7.87. The smallest absolute Gasteiger partial charge is 0.274 e. The van der Waals surface area contributed by atoms with Crippen molar-refractivity contribution in [3.05, 3.63) is 74.7 Å². The topological polar surface area (TPSA) is 104 Å². The van der Waals surface area contributed by atoms with Crippen LogP contribution in [0.4, 0.5) is 0 Å². The molecule has 0 unspecified atom stereocenters. The Kier molecular flexibility index (Phi) is 5.41. The molecule has 3 rings (SSSR count). The molecule has 8 heteroatoms. The van der Waals surface area contributed by atoms with Gasteiger partial charge in [0.2, 0.25) is 5.88 Å². The lowest BCUT2D eigenvalue weighted by atomic mass is 10.2. The van der Waals surface area contributed by atoms with Gasteiger partial charge in [-0.2, -0.15) is 4.98 Å². The van der Waals surface area contributed by atoms with Crippen LogP contribution in [0.15, 0.2) is 47.4 Å². The monoisotopic (exact) mass is 383 g/mol. The third-order valence-electron chi connectivity index (χ3n) is 3.71. The Bertz CT molecular complexity index is 1130. The summed E-state index contributed by atoms with van der Waals surface area (Å²) in [6, 6.07) is 9.91. The highest BCUT2D eigenvalue weighted by Crippen LogP contribution is 2.13. The van der Waals surface area contributed by atoms with Gasteiger partial charge in [0.1, 0.15) is 12.3 Å². The number of benzene rings is 1. The molecule has 0 saturated carbocycles. The number of aliphatic hydroxyl groups excluding tert-OH is 1. The Morgan fingerprint density at radius 3 is 2.67 bits per heavy atom. The summed E-state index contributed by atoms with van der Waals surface area (Å²) >= 11 is 5.82. The quantitative estimate of drug-likeness (QED) is 0.592. The van der Waals surface area contributed by atoms with Crippen LogP contribution in [0.1, 0.15) is 21.5 Å². The van der Waals surface area contributed by atoms with E-state index in [-0.39, 0.29) is 18.8 Å². The standard InChI is InChI=1S/C19H14ClN3O4/c20-14-6-3-12(4-7-14)10-21-17(25)16-18(26)22-15-8-5-13(2-1-9-24)11-23(15)19(16)27/h3-8,11,24,26H,9-10H2,(H,21,25). The van der Waals surface area contributed by atoms with E-state index in [0.29, 0.717) is 10.6 Å². The molecule has 3 N–H and O–H groups in total. The van der Waals surface area contributed by atoms with Crippen molar-refractivity contribution in [2.45, 2.75) is 6.54 Å². The molecular weight excluding hydrogens is 370 g/mol. The number of nitrogens with zero attached hydrogens (tertiary/aromatic N) is 2. The van der Waals surface area contributed by atoms with E-state index in [9.17, 15) is 14.7 Å². The third-order valence-corrected chi connectivity index (χ3v) is 3.96. The van der Waals surface area contributed by atoms with Crippen LogP contribution in [0.5, 0.6) is 5.88 Å². The Hall–Kier alpha value is -3.34. The number of nitrogens with one attached hydrogen (secondary N) is 1. The summed E-state index contributed by atoms with van der Waals surface area (Å²) in [4.78, 5) is 29.0. The number of carbonyl (C=O) groups excluding carboxylic acids is 1. The van der Waals surface area contributed by atoms with E-state index in [1.54, 1.807) is 30.3 Å². The summed E-state index contributed by atoms with van der Waals surface area (Å²) in [5.74, 6) is 3.74. The summed E-state index contributed by atoms with van der Waals surface area (Å²) in [6.45, 7) is -0.168. The van der Waals surface area contributed by atoms with Gasteiger partial charge in [-0.25, -0.2) is 0 Å². The normalized spacial score (nSPS) is 10.3. The number of pyridine rings is 1. The number of halogens is 1. The zero-order chi connectivity index (χ0) is 19.4. The van der Waals surface area contributed by atoms with Crippen LogP contribution in [0, 0.1) is 11.8 Å². The summed E-state index contributed by atoms with van der Waals surface area (Å²) < 4.78 is 1.12. The number of aromatic nitrogens is 2. The van der Waals surface area contributed by atoms with Crippen molar-refractivity contribution < 1.29 is 15.0 Å². The predicted molar refractivity (Wildman–Crippen MR) is 99.7 cm³/mol. The lowest BCUT2D eigenvalue weighted by Crippen LogP contribution is -2.31. The minimum absolute atomic E-state index is 0.152. The van der Waals surface area contributed by atoms with Crippen molar-refractivity contribution >= 4 is 23.2 Å². The highest BCUT2D eigenvalue weighted by Gasteiger charge is 2.19. The zero-order valence-electron chi connectivity index (χ0n) is 13.9. The molecule has 1 amide bonds. The highest BCUT2D eigenvalue weighted by atomic mass is 35.5. The first-order valence-corrected chi connectivity index (χ1v) is 8.25. The number of fused-ring (bicyclic) bond motifs is 1. The average Bonchev–Trinajstić information content (AvgIpc) is 2.66. The number of rotatable bonds is 3. The Morgan fingerprint density at radius 2 is 1.96 bits per heavy atom. The first-order chi connectivity index (χ1) is 13.0. The van der Waals surface area contributed by atoms with Crippen molar-refractivity contribution in [1.29, 1.82) is 0 Å². The Labute approximate surface area is 158 Å². The molecule has 7 nitrogen and oxygen atoms in total. The second-order valence-electron chi connectivity index (χ2n) is 5.53. The number of carbonyl (C=O) groups is 1. The molecule has 0 bridgehead atoms. The van der Waals surface area contributed by atoms with Crippen LogP contribution in [0.25, 0.3) is 5.65 Å². The first kappa shape index (κ1) is 18.5. The maximum Gasteiger partial charge on any atom is 0.274 e. The van der Waals surface area contributed by atoms with Gasteiger partial charge in [0, 0.05) is 23.3 Å². The van der Waals surface area contributed by atoms with Gasteiger partial charge in [0.25, 0.3) is 11.5 Å². The van der Waals surface area contributed by atoms with Gasteiger partial charge < -0.3 is 15.5 Å². The van der Waals surface area contributed by atoms with Crippen LogP contribution in [-0.2, 0) is 6.54 Å². The Morgan fingerprint density at radius 1 is 1.22 bits per heavy atom. The van der Waals surface area contributed by atoms with Gasteiger partial charge in [0.15, 0.2) is 5.56 Å². The summed E-state index contributed by atoms with van der Waals surface area (Å²) in [5.41, 5.74) is 0.218. The number of aliphatic hydroxyl groups is 1. The average molecular weight is 384 g/mol. The molecule has 0 aliphatic carbocycles. The van der Waals surface area contributed by atoms with Crippen molar-refractivity contribution in [3.63, 3.8) is 0 Å². The molecule has 0 aliphatic heterocycles. The van der Waals surface area contributed by atoms with E-state index in [1.807, 2.05) is 0 Å². The van der Waals surface area contributed by atoms with Crippen LogP contribution >= 0.6 is 11.6 Å². The molecule has 0 spiro atoms. The SMILES string of the molecule is O=C(NCc1ccc(Cl)cc1)c1c(O)nc2ccc(C#CCO)cn2c1=O. The van der Waals surface area contributed by atoms with Crippen LogP contribution in [-0.4, -0.2) is 32.1 Å². The molecule has 136 valence electrons. The van der Waals surface area contributed by atoms with E-state index in [4.69, 9.17) is 16.7 Å². The van der Waals surface area contributed by atoms with Crippen molar-refractivity contribution in [2.24, 2.45) is 0 Å². The summed E-state index contributed by atoms with van der Waals surface area (Å²) in [5, 5.41) is 22.0. The number of aromatic hydroxyl groups is 1. The number of amides is 1. The van der Waals surface area contributed by atoms with Gasteiger partial charge in [-0.3, -0.25) is 14.0 Å². The molecule has 3 aromatic rings. The van der Waals surface area contributed by atoms with E-state index in [2.05, 4.69) is 22.1 Å². The molecule has 2 aromatic heterocycles. The molecule has 2 heterocycles. The van der Waals surface area contributed by atoms with Gasteiger partial charge in [-0.1, -0.05) is 35.6 Å². The lowest BCUT2D eigenvalue weighted by Gasteiger charge is -2.08. The maximum atomic E-state index is 12.7. The molecular formula is C19H14ClN3O4. The fourth-order valence-corrected chi connectivity index (χ4v) is 2.54. The molecule has 0 radical (unpaired) electrons. The maximum absolute atomic E-state index is 12.7.